The lowest BCUT2D eigenvalue weighted by atomic mass is 10.2. The molecular weight excluding hydrogens is 397 g/mol. The lowest BCUT2D eigenvalue weighted by molar-refractivity contribution is 0.102. The number of carbonyl (C=O) groups excluding carboxylic acids is 1. The van der Waals surface area contributed by atoms with Crippen LogP contribution in [0.1, 0.15) is 15.9 Å². The van der Waals surface area contributed by atoms with Crippen LogP contribution in [-0.4, -0.2) is 22.8 Å². The summed E-state index contributed by atoms with van der Waals surface area (Å²) in [6, 6.07) is 12.1. The SMILES string of the molecule is COc1cccc(C(=O)Nc2nn(Cc3ccc(Cl)c(Cl)c3)cc2Cl)c1. The summed E-state index contributed by atoms with van der Waals surface area (Å²) in [5.41, 5.74) is 1.35. The molecule has 0 aliphatic rings. The maximum absolute atomic E-state index is 12.4. The van der Waals surface area contributed by atoms with E-state index in [-0.39, 0.29) is 11.7 Å². The predicted molar refractivity (Wildman–Crippen MR) is 104 cm³/mol. The number of methoxy groups -OCH3 is 1. The van der Waals surface area contributed by atoms with Gasteiger partial charge in [0.2, 0.25) is 0 Å². The number of ether oxygens (including phenoxy) is 1. The van der Waals surface area contributed by atoms with Gasteiger partial charge in [0.1, 0.15) is 10.8 Å². The molecule has 1 amide bonds. The van der Waals surface area contributed by atoms with Crippen LogP contribution in [0.4, 0.5) is 5.82 Å². The first-order chi connectivity index (χ1) is 12.5. The molecule has 0 fully saturated rings. The zero-order chi connectivity index (χ0) is 18.7. The number of anilines is 1. The molecule has 0 aliphatic carbocycles. The number of carbonyl (C=O) groups is 1. The number of hydrogen-bond donors (Lipinski definition) is 1. The van der Waals surface area contributed by atoms with Crippen LogP contribution in [0.15, 0.2) is 48.7 Å². The van der Waals surface area contributed by atoms with Crippen LogP contribution in [0.25, 0.3) is 0 Å². The highest BCUT2D eigenvalue weighted by Gasteiger charge is 2.13. The molecule has 26 heavy (non-hydrogen) atoms. The van der Waals surface area contributed by atoms with Gasteiger partial charge in [-0.15, -0.1) is 0 Å². The molecule has 0 radical (unpaired) electrons. The molecule has 0 unspecified atom stereocenters. The molecule has 0 spiro atoms. The number of rotatable bonds is 5. The second-order valence-corrected chi connectivity index (χ2v) is 6.68. The maximum Gasteiger partial charge on any atom is 0.257 e. The molecule has 8 heteroatoms. The van der Waals surface area contributed by atoms with Crippen LogP contribution in [0, 0.1) is 0 Å². The monoisotopic (exact) mass is 409 g/mol. The number of aromatic nitrogens is 2. The molecule has 5 nitrogen and oxygen atoms in total. The molecule has 3 aromatic rings. The van der Waals surface area contributed by atoms with Crippen LogP contribution in [0.3, 0.4) is 0 Å². The van der Waals surface area contributed by atoms with Gasteiger partial charge in [0.25, 0.3) is 5.91 Å². The van der Waals surface area contributed by atoms with E-state index in [1.165, 1.54) is 0 Å². The van der Waals surface area contributed by atoms with Crippen molar-refractivity contribution >= 4 is 46.5 Å². The predicted octanol–water partition coefficient (Wildman–Crippen LogP) is 5.15. The smallest absolute Gasteiger partial charge is 0.257 e. The Morgan fingerprint density at radius 3 is 2.65 bits per heavy atom. The van der Waals surface area contributed by atoms with Gasteiger partial charge in [0.05, 0.1) is 23.7 Å². The van der Waals surface area contributed by atoms with Crippen molar-refractivity contribution in [2.45, 2.75) is 6.54 Å². The standard InChI is InChI=1S/C18H14Cl3N3O2/c1-26-13-4-2-3-12(8-13)18(25)22-17-16(21)10-24(23-17)9-11-5-6-14(19)15(20)7-11/h2-8,10H,9H2,1H3,(H,22,23,25). The van der Waals surface area contributed by atoms with Crippen LogP contribution in [0.2, 0.25) is 15.1 Å². The normalized spacial score (nSPS) is 10.6. The Morgan fingerprint density at radius 1 is 1.12 bits per heavy atom. The quantitative estimate of drug-likeness (QED) is 0.632. The molecule has 134 valence electrons. The van der Waals surface area contributed by atoms with E-state index in [0.29, 0.717) is 32.9 Å². The zero-order valence-corrected chi connectivity index (χ0v) is 15.9. The van der Waals surface area contributed by atoms with Gasteiger partial charge in [-0.2, -0.15) is 5.10 Å². The average Bonchev–Trinajstić information content (AvgIpc) is 2.97. The highest BCUT2D eigenvalue weighted by Crippen LogP contribution is 2.25. The van der Waals surface area contributed by atoms with Gasteiger partial charge in [-0.1, -0.05) is 46.9 Å². The summed E-state index contributed by atoms with van der Waals surface area (Å²) in [5, 5.41) is 8.30. The summed E-state index contributed by atoms with van der Waals surface area (Å²) in [5.74, 6) is 0.541. The van der Waals surface area contributed by atoms with E-state index in [4.69, 9.17) is 39.5 Å². The van der Waals surface area contributed by atoms with Gasteiger partial charge in [0, 0.05) is 11.8 Å². The van der Waals surface area contributed by atoms with Crippen molar-refractivity contribution in [3.63, 3.8) is 0 Å². The highest BCUT2D eigenvalue weighted by atomic mass is 35.5. The molecule has 3 rings (SSSR count). The fourth-order valence-corrected chi connectivity index (χ4v) is 2.85. The van der Waals surface area contributed by atoms with E-state index >= 15 is 0 Å². The third kappa shape index (κ3) is 4.30. The Morgan fingerprint density at radius 2 is 1.92 bits per heavy atom. The Kier molecular flexibility index (Phi) is 5.71. The summed E-state index contributed by atoms with van der Waals surface area (Å²) in [4.78, 5) is 12.4. The van der Waals surface area contributed by atoms with Gasteiger partial charge in [-0.25, -0.2) is 0 Å². The lowest BCUT2D eigenvalue weighted by Crippen LogP contribution is -2.13. The van der Waals surface area contributed by atoms with E-state index in [1.807, 2.05) is 6.07 Å². The fraction of sp³-hybridized carbons (Fsp3) is 0.111. The summed E-state index contributed by atoms with van der Waals surface area (Å²) in [7, 11) is 1.54. The number of hydrogen-bond acceptors (Lipinski definition) is 3. The van der Waals surface area contributed by atoms with Crippen molar-refractivity contribution in [3.05, 3.63) is 74.9 Å². The van der Waals surface area contributed by atoms with E-state index in [0.717, 1.165) is 5.56 Å². The summed E-state index contributed by atoms with van der Waals surface area (Å²) in [6.07, 6.45) is 1.63. The van der Waals surface area contributed by atoms with Crippen molar-refractivity contribution in [1.29, 1.82) is 0 Å². The third-order valence-electron chi connectivity index (χ3n) is 3.61. The summed E-state index contributed by atoms with van der Waals surface area (Å²) >= 11 is 18.1. The largest absolute Gasteiger partial charge is 0.497 e. The van der Waals surface area contributed by atoms with Gasteiger partial charge in [-0.05, 0) is 35.9 Å². The second kappa shape index (κ2) is 7.99. The van der Waals surface area contributed by atoms with E-state index < -0.39 is 0 Å². The molecule has 0 atom stereocenters. The fourth-order valence-electron chi connectivity index (χ4n) is 2.33. The van der Waals surface area contributed by atoms with Crippen LogP contribution >= 0.6 is 34.8 Å². The van der Waals surface area contributed by atoms with Crippen LogP contribution in [0.5, 0.6) is 5.75 Å². The number of halogens is 3. The van der Waals surface area contributed by atoms with Crippen LogP contribution in [-0.2, 0) is 6.54 Å². The molecule has 0 aliphatic heterocycles. The molecule has 1 heterocycles. The molecule has 0 saturated heterocycles. The Balaban J connectivity index is 1.75. The molecule has 0 saturated carbocycles. The molecule has 1 aromatic heterocycles. The summed E-state index contributed by atoms with van der Waals surface area (Å²) in [6.45, 7) is 0.436. The van der Waals surface area contributed by atoms with E-state index in [1.54, 1.807) is 54.4 Å². The highest BCUT2D eigenvalue weighted by molar-refractivity contribution is 6.42. The Hall–Kier alpha value is -2.21. The topological polar surface area (TPSA) is 56.1 Å². The average molecular weight is 411 g/mol. The number of amides is 1. The number of benzene rings is 2. The minimum atomic E-state index is -0.328. The van der Waals surface area contributed by atoms with Crippen molar-refractivity contribution in [2.75, 3.05) is 12.4 Å². The van der Waals surface area contributed by atoms with Gasteiger partial charge < -0.3 is 10.1 Å². The maximum atomic E-state index is 12.4. The molecular formula is C18H14Cl3N3O2. The van der Waals surface area contributed by atoms with Gasteiger partial charge in [0.15, 0.2) is 5.82 Å². The third-order valence-corrected chi connectivity index (χ3v) is 4.63. The number of nitrogens with one attached hydrogen (secondary N) is 1. The Labute approximate surface area is 165 Å². The first-order valence-corrected chi connectivity index (χ1v) is 8.72. The molecule has 2 aromatic carbocycles. The number of nitrogens with zero attached hydrogens (tertiary/aromatic N) is 2. The molecule has 1 N–H and O–H groups in total. The lowest BCUT2D eigenvalue weighted by Gasteiger charge is -2.05. The second-order valence-electron chi connectivity index (χ2n) is 5.46. The van der Waals surface area contributed by atoms with Gasteiger partial charge >= 0.3 is 0 Å². The van der Waals surface area contributed by atoms with Crippen LogP contribution < -0.4 is 10.1 Å². The zero-order valence-electron chi connectivity index (χ0n) is 13.7. The van der Waals surface area contributed by atoms with Gasteiger partial charge in [-0.3, -0.25) is 9.48 Å². The van der Waals surface area contributed by atoms with Crippen molar-refractivity contribution in [2.24, 2.45) is 0 Å². The van der Waals surface area contributed by atoms with E-state index in [2.05, 4.69) is 10.4 Å². The van der Waals surface area contributed by atoms with E-state index in [9.17, 15) is 4.79 Å². The van der Waals surface area contributed by atoms with Crippen molar-refractivity contribution < 1.29 is 9.53 Å². The first kappa shape index (κ1) is 18.6. The first-order valence-electron chi connectivity index (χ1n) is 7.58. The van der Waals surface area contributed by atoms with Crippen molar-refractivity contribution in [3.8, 4) is 5.75 Å². The molecule has 0 bridgehead atoms. The Bertz CT molecular complexity index is 957. The minimum absolute atomic E-state index is 0.277. The van der Waals surface area contributed by atoms with Crippen molar-refractivity contribution in [1.82, 2.24) is 9.78 Å². The minimum Gasteiger partial charge on any atom is -0.497 e. The summed E-state index contributed by atoms with van der Waals surface area (Å²) < 4.78 is 6.74.